The number of aromatic nitrogens is 2. The number of piperidine rings is 1. The molecule has 38 heavy (non-hydrogen) atoms. The van der Waals surface area contributed by atoms with Crippen molar-refractivity contribution in [2.75, 3.05) is 56.3 Å². The second-order valence-electron chi connectivity index (χ2n) is 10.1. The van der Waals surface area contributed by atoms with E-state index in [1.54, 1.807) is 0 Å². The zero-order chi connectivity index (χ0) is 25.9. The van der Waals surface area contributed by atoms with Crippen molar-refractivity contribution in [3.05, 3.63) is 72.3 Å². The highest BCUT2D eigenvalue weighted by Gasteiger charge is 2.32. The lowest BCUT2D eigenvalue weighted by Crippen LogP contribution is -2.48. The number of carbonyl (C=O) groups is 1. The Bertz CT molecular complexity index is 1280. The minimum Gasteiger partial charge on any atom is -0.378 e. The fraction of sp³-hybridized carbons (Fsp3) is 0.393. The van der Waals surface area contributed by atoms with Crippen LogP contribution in [0, 0.1) is 0 Å². The third-order valence-corrected chi connectivity index (χ3v) is 7.60. The second-order valence-corrected chi connectivity index (χ2v) is 10.1. The Morgan fingerprint density at radius 1 is 1.05 bits per heavy atom. The number of nitrogens with two attached hydrogens (primary N) is 1. The highest BCUT2D eigenvalue weighted by atomic mass is 16.5. The van der Waals surface area contributed by atoms with Gasteiger partial charge in [0.25, 0.3) is 0 Å². The lowest BCUT2D eigenvalue weighted by Gasteiger charge is -2.41. The molecule has 0 aliphatic carbocycles. The topological polar surface area (TPSA) is 104 Å². The third-order valence-electron chi connectivity index (χ3n) is 7.60. The number of benzene rings is 1. The molecule has 3 N–H and O–H groups in total. The van der Waals surface area contributed by atoms with Crippen molar-refractivity contribution >= 4 is 23.2 Å². The largest absolute Gasteiger partial charge is 0.378 e. The van der Waals surface area contributed by atoms with Gasteiger partial charge in [0.2, 0.25) is 0 Å². The molecule has 3 aliphatic rings. The first-order chi connectivity index (χ1) is 18.6. The Balaban J connectivity index is 1.23. The van der Waals surface area contributed by atoms with Gasteiger partial charge in [0.15, 0.2) is 0 Å². The molecule has 0 radical (unpaired) electrons. The van der Waals surface area contributed by atoms with Crippen molar-refractivity contribution in [1.29, 1.82) is 0 Å². The van der Waals surface area contributed by atoms with Crippen LogP contribution in [0.2, 0.25) is 0 Å². The predicted molar refractivity (Wildman–Crippen MR) is 148 cm³/mol. The summed E-state index contributed by atoms with van der Waals surface area (Å²) in [4.78, 5) is 27.9. The monoisotopic (exact) mass is 514 g/mol. The summed E-state index contributed by atoms with van der Waals surface area (Å²) in [6, 6.07) is 11.7. The number of pyridine rings is 1. The zero-order valence-corrected chi connectivity index (χ0v) is 21.5. The number of likely N-dealkylation sites (tertiary alicyclic amines) is 1. The summed E-state index contributed by atoms with van der Waals surface area (Å²) in [6.07, 6.45) is 10.4. The Kier molecular flexibility index (Phi) is 6.98. The quantitative estimate of drug-likeness (QED) is 0.543. The summed E-state index contributed by atoms with van der Waals surface area (Å²) in [5, 5.41) is 2.63. The number of primary amides is 1. The van der Waals surface area contributed by atoms with Crippen LogP contribution in [0.3, 0.4) is 0 Å². The smallest absolute Gasteiger partial charge is 0.316 e. The van der Waals surface area contributed by atoms with Crippen molar-refractivity contribution in [2.24, 2.45) is 10.7 Å². The molecule has 10 heteroatoms. The number of amides is 2. The van der Waals surface area contributed by atoms with Crippen LogP contribution in [0.15, 0.2) is 66.2 Å². The summed E-state index contributed by atoms with van der Waals surface area (Å²) in [5.74, 6) is 1.05. The van der Waals surface area contributed by atoms with Crippen molar-refractivity contribution in [3.63, 3.8) is 0 Å². The lowest BCUT2D eigenvalue weighted by molar-refractivity contribution is 0.0681. The van der Waals surface area contributed by atoms with Gasteiger partial charge in [-0.25, -0.2) is 9.79 Å². The molecule has 3 aliphatic heterocycles. The number of ether oxygens (including phenoxy) is 1. The van der Waals surface area contributed by atoms with E-state index in [9.17, 15) is 4.79 Å². The first-order valence-electron chi connectivity index (χ1n) is 13.3. The van der Waals surface area contributed by atoms with Gasteiger partial charge in [-0.05, 0) is 48.7 Å². The molecule has 3 aromatic rings. The van der Waals surface area contributed by atoms with Gasteiger partial charge in [-0.2, -0.15) is 0 Å². The van der Waals surface area contributed by atoms with Gasteiger partial charge in [0.05, 0.1) is 24.5 Å². The number of hydrogen-bond donors (Lipinski definition) is 2. The molecule has 2 amide bonds. The maximum atomic E-state index is 11.2. The Labute approximate surface area is 222 Å². The Hall–Kier alpha value is -3.89. The number of nitrogens with one attached hydrogen (secondary N) is 1. The number of anilines is 2. The van der Waals surface area contributed by atoms with Gasteiger partial charge >= 0.3 is 6.03 Å². The molecule has 1 aromatic carbocycles. The molecule has 6 rings (SSSR count). The highest BCUT2D eigenvalue weighted by molar-refractivity contribution is 6.05. The van der Waals surface area contributed by atoms with Crippen LogP contribution < -0.4 is 16.0 Å². The number of fused-ring (bicyclic) bond motifs is 1. The Morgan fingerprint density at radius 2 is 1.84 bits per heavy atom. The fourth-order valence-electron chi connectivity index (χ4n) is 5.65. The van der Waals surface area contributed by atoms with Gasteiger partial charge < -0.3 is 30.2 Å². The Morgan fingerprint density at radius 3 is 2.55 bits per heavy atom. The second kappa shape index (κ2) is 10.8. The molecule has 2 fully saturated rings. The van der Waals surface area contributed by atoms with Crippen LogP contribution in [0.1, 0.15) is 24.0 Å². The van der Waals surface area contributed by atoms with E-state index in [2.05, 4.69) is 48.0 Å². The predicted octanol–water partition coefficient (Wildman–Crippen LogP) is 2.88. The number of hydrogen-bond acceptors (Lipinski definition) is 7. The minimum absolute atomic E-state index is 0.437. The van der Waals surface area contributed by atoms with Gasteiger partial charge in [-0.3, -0.25) is 9.88 Å². The molecular formula is C28H34N8O2. The molecule has 0 unspecified atom stereocenters. The SMILES string of the molecule is NC(=O)Nc1ccc(-n2cc3c(c2)N(C2CCN(Cc4cccnc4)CC2)CN=C3N2CCOCC2)cc1. The standard InChI is InChI=1S/C28H34N8O2/c29-28(37)32-22-3-5-23(6-4-22)35-18-25-26(19-35)36(20-31-27(25)34-12-14-38-15-13-34)24-7-10-33(11-8-24)17-21-2-1-9-30-16-21/h1-6,9,16,18-19,24H,7-8,10-15,17,20H2,(H3,29,32,37). The van der Waals surface area contributed by atoms with Crippen molar-refractivity contribution in [1.82, 2.24) is 19.4 Å². The first-order valence-corrected chi connectivity index (χ1v) is 13.3. The summed E-state index contributed by atoms with van der Waals surface area (Å²) in [5.41, 5.74) is 10.6. The lowest BCUT2D eigenvalue weighted by atomic mass is 10.0. The molecule has 10 nitrogen and oxygen atoms in total. The van der Waals surface area contributed by atoms with Crippen LogP contribution in [-0.2, 0) is 11.3 Å². The average Bonchev–Trinajstić information content (AvgIpc) is 3.40. The van der Waals surface area contributed by atoms with E-state index in [0.29, 0.717) is 18.4 Å². The van der Waals surface area contributed by atoms with Gasteiger partial charge in [-0.15, -0.1) is 0 Å². The number of aliphatic imine (C=N–C) groups is 1. The third kappa shape index (κ3) is 5.23. The number of morpholine rings is 1. The molecular weight excluding hydrogens is 480 g/mol. The molecule has 198 valence electrons. The van der Waals surface area contributed by atoms with Crippen LogP contribution in [0.4, 0.5) is 16.2 Å². The van der Waals surface area contributed by atoms with Crippen molar-refractivity contribution in [2.45, 2.75) is 25.4 Å². The van der Waals surface area contributed by atoms with Crippen LogP contribution in [-0.4, -0.2) is 83.3 Å². The van der Waals surface area contributed by atoms with Crippen LogP contribution >= 0.6 is 0 Å². The van der Waals surface area contributed by atoms with E-state index in [0.717, 1.165) is 75.9 Å². The maximum Gasteiger partial charge on any atom is 0.316 e. The summed E-state index contributed by atoms with van der Waals surface area (Å²) in [6.45, 7) is 6.87. The zero-order valence-electron chi connectivity index (χ0n) is 21.5. The molecule has 2 saturated heterocycles. The number of rotatable bonds is 5. The van der Waals surface area contributed by atoms with E-state index in [1.807, 2.05) is 42.7 Å². The number of urea groups is 1. The molecule has 0 spiro atoms. The number of nitrogens with zero attached hydrogens (tertiary/aromatic N) is 6. The molecule has 2 aromatic heterocycles. The average molecular weight is 515 g/mol. The van der Waals surface area contributed by atoms with Gasteiger partial charge in [0.1, 0.15) is 12.5 Å². The molecule has 5 heterocycles. The summed E-state index contributed by atoms with van der Waals surface area (Å²) < 4.78 is 7.76. The fourth-order valence-corrected chi connectivity index (χ4v) is 5.65. The van der Waals surface area contributed by atoms with E-state index >= 15 is 0 Å². The molecule has 0 saturated carbocycles. The van der Waals surface area contributed by atoms with E-state index in [-0.39, 0.29) is 0 Å². The number of amidine groups is 1. The first kappa shape index (κ1) is 24.4. The van der Waals surface area contributed by atoms with Crippen LogP contribution in [0.5, 0.6) is 0 Å². The normalized spacial score (nSPS) is 18.7. The number of carbonyl (C=O) groups excluding carboxylic acids is 1. The summed E-state index contributed by atoms with van der Waals surface area (Å²) >= 11 is 0. The summed E-state index contributed by atoms with van der Waals surface area (Å²) in [7, 11) is 0. The van der Waals surface area contributed by atoms with Gasteiger partial charge in [-0.1, -0.05) is 6.07 Å². The van der Waals surface area contributed by atoms with Gasteiger partial charge in [0, 0.05) is 74.9 Å². The van der Waals surface area contributed by atoms with Crippen molar-refractivity contribution in [3.8, 4) is 5.69 Å². The molecule has 0 bridgehead atoms. The van der Waals surface area contributed by atoms with E-state index in [1.165, 1.54) is 11.3 Å². The van der Waals surface area contributed by atoms with Crippen LogP contribution in [0.25, 0.3) is 5.69 Å². The highest BCUT2D eigenvalue weighted by Crippen LogP contribution is 2.34. The molecule has 0 atom stereocenters. The van der Waals surface area contributed by atoms with Crippen molar-refractivity contribution < 1.29 is 9.53 Å². The van der Waals surface area contributed by atoms with E-state index < -0.39 is 6.03 Å². The maximum absolute atomic E-state index is 11.2. The minimum atomic E-state index is -0.567. The van der Waals surface area contributed by atoms with E-state index in [4.69, 9.17) is 15.5 Å².